The Hall–Kier alpha value is -2.60. The van der Waals surface area contributed by atoms with Crippen LogP contribution in [0.2, 0.25) is 0 Å². The predicted molar refractivity (Wildman–Crippen MR) is 123 cm³/mol. The summed E-state index contributed by atoms with van der Waals surface area (Å²) in [5.74, 6) is 0.314. The molecule has 3 unspecified atom stereocenters. The third kappa shape index (κ3) is 3.88. The maximum absolute atomic E-state index is 12.7. The number of fused-ring (bicyclic) bond motifs is 1. The summed E-state index contributed by atoms with van der Waals surface area (Å²) in [5.41, 5.74) is 9.03. The number of aromatic amines is 2. The molecule has 3 atom stereocenters. The number of nitrogens with zero attached hydrogens (tertiary/aromatic N) is 2. The van der Waals surface area contributed by atoms with Crippen molar-refractivity contribution in [1.82, 2.24) is 19.9 Å². The number of piperidine rings is 1. The Labute approximate surface area is 177 Å². The Balaban J connectivity index is 1.86. The summed E-state index contributed by atoms with van der Waals surface area (Å²) in [6.07, 6.45) is 8.89. The van der Waals surface area contributed by atoms with Crippen LogP contribution in [-0.4, -0.2) is 31.9 Å². The van der Waals surface area contributed by atoms with Crippen molar-refractivity contribution >= 4 is 16.9 Å². The largest absolute Gasteiger partial charge is 0.369 e. The number of unbranched alkanes of at least 4 members (excludes halogenated alkanes) is 1. The molecule has 3 aromatic rings. The van der Waals surface area contributed by atoms with E-state index in [9.17, 15) is 4.79 Å². The molecule has 1 aromatic carbocycles. The molecule has 1 saturated heterocycles. The highest BCUT2D eigenvalue weighted by Crippen LogP contribution is 2.38. The van der Waals surface area contributed by atoms with Crippen LogP contribution in [0.3, 0.4) is 0 Å². The number of hydrogen-bond acceptors (Lipinski definition) is 4. The summed E-state index contributed by atoms with van der Waals surface area (Å²) in [4.78, 5) is 25.6. The molecule has 4 N–H and O–H groups in total. The zero-order valence-corrected chi connectivity index (χ0v) is 18.2. The number of pyridine rings is 1. The summed E-state index contributed by atoms with van der Waals surface area (Å²) in [6.45, 7) is 6.97. The number of nitrogens with two attached hydrogens (primary N) is 1. The van der Waals surface area contributed by atoms with E-state index in [1.54, 1.807) is 6.20 Å². The number of aromatic nitrogens is 3. The Morgan fingerprint density at radius 2 is 2.00 bits per heavy atom. The molecule has 0 amide bonds. The molecule has 0 spiro atoms. The van der Waals surface area contributed by atoms with Crippen molar-refractivity contribution in [3.63, 3.8) is 0 Å². The van der Waals surface area contributed by atoms with Gasteiger partial charge in [-0.2, -0.15) is 0 Å². The first-order chi connectivity index (χ1) is 14.5. The molecule has 1 aliphatic rings. The lowest BCUT2D eigenvalue weighted by Crippen LogP contribution is -2.46. The fraction of sp³-hybridized carbons (Fsp3) is 0.500. The van der Waals surface area contributed by atoms with Crippen LogP contribution >= 0.6 is 0 Å². The van der Waals surface area contributed by atoms with Gasteiger partial charge < -0.3 is 15.7 Å². The normalized spacial score (nSPS) is 21.2. The SMILES string of the molecule is CCCCC(c1cccc2[nH]c(=O)c(-c3cnc(N)[nH]3)cc12)N1C(C)CCCC1C. The summed E-state index contributed by atoms with van der Waals surface area (Å²) in [6, 6.07) is 9.75. The Morgan fingerprint density at radius 1 is 1.23 bits per heavy atom. The number of rotatable bonds is 6. The molecule has 3 heterocycles. The van der Waals surface area contributed by atoms with E-state index in [0.717, 1.165) is 17.3 Å². The summed E-state index contributed by atoms with van der Waals surface area (Å²) < 4.78 is 0. The lowest BCUT2D eigenvalue weighted by molar-refractivity contribution is 0.0496. The van der Waals surface area contributed by atoms with Gasteiger partial charge >= 0.3 is 0 Å². The van der Waals surface area contributed by atoms with Crippen molar-refractivity contribution in [2.24, 2.45) is 0 Å². The number of imidazole rings is 1. The Morgan fingerprint density at radius 3 is 2.67 bits per heavy atom. The van der Waals surface area contributed by atoms with Crippen molar-refractivity contribution in [3.05, 3.63) is 46.4 Å². The maximum Gasteiger partial charge on any atom is 0.257 e. The van der Waals surface area contributed by atoms with E-state index in [-0.39, 0.29) is 5.56 Å². The average molecular weight is 408 g/mol. The predicted octanol–water partition coefficient (Wildman–Crippen LogP) is 4.99. The number of likely N-dealkylation sites (tertiary alicyclic amines) is 1. The standard InChI is InChI=1S/C24H33N5O/c1-4-5-12-22(29-15(2)8-6-9-16(29)3)17-10-7-11-20-18(17)13-19(23(30)27-20)21-14-26-24(25)28-21/h7,10-11,13-16,22H,4-6,8-9,12H2,1-3H3,(H,27,30)(H3,25,26,28). The van der Waals surface area contributed by atoms with Gasteiger partial charge in [0.25, 0.3) is 5.56 Å². The number of anilines is 1. The molecule has 1 fully saturated rings. The summed E-state index contributed by atoms with van der Waals surface area (Å²) in [5, 5.41) is 1.10. The van der Waals surface area contributed by atoms with Gasteiger partial charge in [-0.15, -0.1) is 0 Å². The van der Waals surface area contributed by atoms with Gasteiger partial charge in [-0.05, 0) is 50.8 Å². The van der Waals surface area contributed by atoms with Gasteiger partial charge in [-0.1, -0.05) is 38.3 Å². The molecular weight excluding hydrogens is 374 g/mol. The van der Waals surface area contributed by atoms with Gasteiger partial charge in [-0.25, -0.2) is 4.98 Å². The van der Waals surface area contributed by atoms with Gasteiger partial charge in [-0.3, -0.25) is 9.69 Å². The van der Waals surface area contributed by atoms with Crippen LogP contribution in [0.5, 0.6) is 0 Å². The molecule has 0 saturated carbocycles. The van der Waals surface area contributed by atoms with Crippen LogP contribution in [0.1, 0.15) is 70.9 Å². The van der Waals surface area contributed by atoms with Crippen molar-refractivity contribution in [2.45, 2.75) is 77.4 Å². The van der Waals surface area contributed by atoms with E-state index in [1.165, 1.54) is 37.7 Å². The number of nitrogens with one attached hydrogen (secondary N) is 2. The Bertz CT molecular complexity index is 1060. The number of H-pyrrole nitrogens is 2. The number of hydrogen-bond donors (Lipinski definition) is 3. The first-order valence-electron chi connectivity index (χ1n) is 11.2. The average Bonchev–Trinajstić information content (AvgIpc) is 3.15. The molecule has 6 heteroatoms. The first kappa shape index (κ1) is 20.7. The van der Waals surface area contributed by atoms with Gasteiger partial charge in [0, 0.05) is 29.0 Å². The Kier molecular flexibility index (Phi) is 5.95. The maximum atomic E-state index is 12.7. The molecule has 1 aliphatic heterocycles. The van der Waals surface area contributed by atoms with E-state index in [0.29, 0.717) is 35.3 Å². The summed E-state index contributed by atoms with van der Waals surface area (Å²) in [7, 11) is 0. The highest BCUT2D eigenvalue weighted by Gasteiger charge is 2.32. The van der Waals surface area contributed by atoms with Crippen molar-refractivity contribution in [2.75, 3.05) is 5.73 Å². The van der Waals surface area contributed by atoms with Gasteiger partial charge in [0.05, 0.1) is 17.5 Å². The van der Waals surface area contributed by atoms with Gasteiger partial charge in [0.15, 0.2) is 5.95 Å². The zero-order chi connectivity index (χ0) is 21.3. The fourth-order valence-electron chi connectivity index (χ4n) is 5.14. The van der Waals surface area contributed by atoms with E-state index in [2.05, 4.69) is 52.8 Å². The number of nitrogen functional groups attached to an aromatic ring is 1. The van der Waals surface area contributed by atoms with Gasteiger partial charge in [0.1, 0.15) is 0 Å². The topological polar surface area (TPSA) is 90.8 Å². The van der Waals surface area contributed by atoms with E-state index < -0.39 is 0 Å². The second-order valence-corrected chi connectivity index (χ2v) is 8.74. The fourth-order valence-corrected chi connectivity index (χ4v) is 5.14. The van der Waals surface area contributed by atoms with E-state index in [1.807, 2.05) is 12.1 Å². The van der Waals surface area contributed by atoms with Crippen molar-refractivity contribution in [1.29, 1.82) is 0 Å². The van der Waals surface area contributed by atoms with Gasteiger partial charge in [0.2, 0.25) is 0 Å². The van der Waals surface area contributed by atoms with Crippen molar-refractivity contribution < 1.29 is 0 Å². The quantitative estimate of drug-likeness (QED) is 0.536. The van der Waals surface area contributed by atoms with Crippen LogP contribution < -0.4 is 11.3 Å². The molecule has 0 aliphatic carbocycles. The smallest absolute Gasteiger partial charge is 0.257 e. The minimum Gasteiger partial charge on any atom is -0.369 e. The molecule has 4 rings (SSSR count). The first-order valence-corrected chi connectivity index (χ1v) is 11.2. The lowest BCUT2D eigenvalue weighted by atomic mass is 9.88. The van der Waals surface area contributed by atoms with Crippen LogP contribution in [0.25, 0.3) is 22.2 Å². The molecule has 0 radical (unpaired) electrons. The molecule has 0 bridgehead atoms. The molecule has 2 aromatic heterocycles. The summed E-state index contributed by atoms with van der Waals surface area (Å²) >= 11 is 0. The van der Waals surface area contributed by atoms with Crippen molar-refractivity contribution in [3.8, 4) is 11.3 Å². The number of benzene rings is 1. The third-order valence-corrected chi connectivity index (χ3v) is 6.62. The van der Waals surface area contributed by atoms with E-state index >= 15 is 0 Å². The molecular formula is C24H33N5O. The van der Waals surface area contributed by atoms with E-state index in [4.69, 9.17) is 5.73 Å². The van der Waals surface area contributed by atoms with Crippen LogP contribution in [0, 0.1) is 0 Å². The van der Waals surface area contributed by atoms with Crippen LogP contribution in [-0.2, 0) is 0 Å². The highest BCUT2D eigenvalue weighted by atomic mass is 16.1. The highest BCUT2D eigenvalue weighted by molar-refractivity contribution is 5.86. The van der Waals surface area contributed by atoms with Crippen LogP contribution in [0.4, 0.5) is 5.95 Å². The molecule has 160 valence electrons. The zero-order valence-electron chi connectivity index (χ0n) is 18.2. The molecule has 6 nitrogen and oxygen atoms in total. The minimum absolute atomic E-state index is 0.131. The second kappa shape index (κ2) is 8.64. The lowest BCUT2D eigenvalue weighted by Gasteiger charge is -2.45. The van der Waals surface area contributed by atoms with Crippen LogP contribution in [0.15, 0.2) is 35.3 Å². The second-order valence-electron chi connectivity index (χ2n) is 8.74. The monoisotopic (exact) mass is 407 g/mol. The third-order valence-electron chi connectivity index (χ3n) is 6.62. The molecule has 30 heavy (non-hydrogen) atoms. The minimum atomic E-state index is -0.131.